The fraction of sp³-hybridized carbons (Fsp3) is 0.800. The van der Waals surface area contributed by atoms with Crippen LogP contribution >= 0.6 is 21.6 Å². The van der Waals surface area contributed by atoms with Crippen molar-refractivity contribution < 1.29 is 23.8 Å². The van der Waals surface area contributed by atoms with E-state index in [1.807, 2.05) is 0 Å². The predicted octanol–water partition coefficient (Wildman–Crippen LogP) is 1.30. The number of hydrogen-bond acceptors (Lipinski definition) is 7. The van der Waals surface area contributed by atoms with Crippen LogP contribution < -0.4 is 5.32 Å². The Morgan fingerprint density at radius 3 is 2.39 bits per heavy atom. The third kappa shape index (κ3) is 13.5. The van der Waals surface area contributed by atoms with Gasteiger partial charge in [0.15, 0.2) is 0 Å². The van der Waals surface area contributed by atoms with E-state index >= 15 is 0 Å². The standard InChI is InChI=1S/C10H19NO5S2/c1-9(12)16-6-8-18-17-7-5-15-4-3-11-10(13)14-2/h3-8H2,1-2H3,(H,11,13). The van der Waals surface area contributed by atoms with Crippen LogP contribution in [-0.2, 0) is 19.0 Å². The second-order valence-corrected chi connectivity index (χ2v) is 5.72. The molecule has 0 unspecified atom stereocenters. The number of amides is 1. The second kappa shape index (κ2) is 12.8. The van der Waals surface area contributed by atoms with Crippen LogP contribution in [0.25, 0.3) is 0 Å². The van der Waals surface area contributed by atoms with E-state index in [9.17, 15) is 9.59 Å². The maximum Gasteiger partial charge on any atom is 0.406 e. The van der Waals surface area contributed by atoms with Crippen molar-refractivity contribution in [3.05, 3.63) is 0 Å². The van der Waals surface area contributed by atoms with Gasteiger partial charge in [0.2, 0.25) is 0 Å². The first kappa shape index (κ1) is 17.4. The Labute approximate surface area is 115 Å². The van der Waals surface area contributed by atoms with Gasteiger partial charge in [0.1, 0.15) is 6.61 Å². The van der Waals surface area contributed by atoms with Crippen LogP contribution in [0, 0.1) is 0 Å². The van der Waals surface area contributed by atoms with Crippen molar-refractivity contribution in [2.24, 2.45) is 0 Å². The molecule has 1 N–H and O–H groups in total. The molecule has 0 saturated heterocycles. The fourth-order valence-corrected chi connectivity index (χ4v) is 2.52. The lowest BCUT2D eigenvalue weighted by molar-refractivity contribution is -0.140. The third-order valence-corrected chi connectivity index (χ3v) is 3.90. The van der Waals surface area contributed by atoms with E-state index in [1.165, 1.54) is 14.0 Å². The van der Waals surface area contributed by atoms with Gasteiger partial charge in [-0.05, 0) is 0 Å². The first-order valence-electron chi connectivity index (χ1n) is 5.44. The molecule has 0 aromatic rings. The Balaban J connectivity index is 3.03. The number of rotatable bonds is 10. The van der Waals surface area contributed by atoms with Gasteiger partial charge >= 0.3 is 12.1 Å². The monoisotopic (exact) mass is 297 g/mol. The molecule has 0 aliphatic carbocycles. The molecule has 0 spiro atoms. The summed E-state index contributed by atoms with van der Waals surface area (Å²) in [4.78, 5) is 21.1. The summed E-state index contributed by atoms with van der Waals surface area (Å²) in [7, 11) is 4.62. The van der Waals surface area contributed by atoms with Crippen molar-refractivity contribution in [1.29, 1.82) is 0 Å². The quantitative estimate of drug-likeness (QED) is 0.370. The summed E-state index contributed by atoms with van der Waals surface area (Å²) >= 11 is 0. The second-order valence-electron chi connectivity index (χ2n) is 3.01. The number of carbonyl (C=O) groups excluding carboxylic acids is 2. The van der Waals surface area contributed by atoms with Gasteiger partial charge in [-0.15, -0.1) is 0 Å². The highest BCUT2D eigenvalue weighted by atomic mass is 33.1. The molecule has 0 radical (unpaired) electrons. The molecular weight excluding hydrogens is 278 g/mol. The van der Waals surface area contributed by atoms with Crippen molar-refractivity contribution in [3.8, 4) is 0 Å². The number of alkyl carbamates (subject to hydrolysis) is 1. The Morgan fingerprint density at radius 2 is 1.78 bits per heavy atom. The summed E-state index contributed by atoms with van der Waals surface area (Å²) in [6, 6.07) is 0. The highest BCUT2D eigenvalue weighted by Gasteiger charge is 1.97. The molecule has 0 fully saturated rings. The number of methoxy groups -OCH3 is 1. The lowest BCUT2D eigenvalue weighted by Crippen LogP contribution is -2.27. The number of esters is 1. The van der Waals surface area contributed by atoms with E-state index in [2.05, 4.69) is 10.1 Å². The van der Waals surface area contributed by atoms with Gasteiger partial charge in [-0.3, -0.25) is 4.79 Å². The van der Waals surface area contributed by atoms with E-state index in [0.717, 1.165) is 11.5 Å². The van der Waals surface area contributed by atoms with Gasteiger partial charge in [0.25, 0.3) is 0 Å². The number of hydrogen-bond donors (Lipinski definition) is 1. The molecule has 0 aromatic carbocycles. The van der Waals surface area contributed by atoms with E-state index in [0.29, 0.717) is 26.4 Å². The molecule has 0 aromatic heterocycles. The van der Waals surface area contributed by atoms with Crippen LogP contribution in [0.2, 0.25) is 0 Å². The van der Waals surface area contributed by atoms with Crippen LogP contribution in [0.3, 0.4) is 0 Å². The smallest absolute Gasteiger partial charge is 0.406 e. The van der Waals surface area contributed by atoms with Crippen LogP contribution in [-0.4, -0.2) is 57.0 Å². The summed E-state index contributed by atoms with van der Waals surface area (Å²) in [6.45, 7) is 3.36. The number of carbonyl (C=O) groups is 2. The highest BCUT2D eigenvalue weighted by Crippen LogP contribution is 2.20. The topological polar surface area (TPSA) is 73.9 Å². The Morgan fingerprint density at radius 1 is 1.11 bits per heavy atom. The van der Waals surface area contributed by atoms with E-state index < -0.39 is 6.09 Å². The zero-order valence-corrected chi connectivity index (χ0v) is 12.2. The molecule has 0 atom stereocenters. The van der Waals surface area contributed by atoms with Gasteiger partial charge in [0.05, 0.1) is 20.3 Å². The first-order chi connectivity index (χ1) is 8.66. The molecule has 0 rings (SSSR count). The Hall–Kier alpha value is -0.600. The Bertz CT molecular complexity index is 240. The molecule has 0 saturated carbocycles. The highest BCUT2D eigenvalue weighted by molar-refractivity contribution is 8.76. The van der Waals surface area contributed by atoms with Crippen molar-refractivity contribution in [2.45, 2.75) is 6.92 Å². The van der Waals surface area contributed by atoms with Gasteiger partial charge in [0, 0.05) is 25.0 Å². The normalized spacial score (nSPS) is 9.89. The van der Waals surface area contributed by atoms with Gasteiger partial charge < -0.3 is 19.5 Å². The summed E-state index contributed by atoms with van der Waals surface area (Å²) < 4.78 is 14.5. The summed E-state index contributed by atoms with van der Waals surface area (Å²) in [6.07, 6.45) is -0.450. The molecule has 6 nitrogen and oxygen atoms in total. The molecular formula is C10H19NO5S2. The number of ether oxygens (including phenoxy) is 3. The number of nitrogens with one attached hydrogen (secondary N) is 1. The molecule has 18 heavy (non-hydrogen) atoms. The van der Waals surface area contributed by atoms with Gasteiger partial charge in [-0.1, -0.05) is 21.6 Å². The first-order valence-corrected chi connectivity index (χ1v) is 7.93. The molecule has 0 aliphatic heterocycles. The maximum atomic E-state index is 10.7. The van der Waals surface area contributed by atoms with Crippen molar-refractivity contribution >= 4 is 33.7 Å². The maximum absolute atomic E-state index is 10.7. The van der Waals surface area contributed by atoms with Crippen molar-refractivity contribution in [3.63, 3.8) is 0 Å². The van der Waals surface area contributed by atoms with E-state index in [1.54, 1.807) is 21.6 Å². The Kier molecular flexibility index (Phi) is 12.4. The summed E-state index contributed by atoms with van der Waals surface area (Å²) in [5, 5.41) is 2.52. The lowest BCUT2D eigenvalue weighted by atomic mass is 10.7. The molecule has 0 aliphatic rings. The molecule has 8 heteroatoms. The fourth-order valence-electron chi connectivity index (χ4n) is 0.830. The SMILES string of the molecule is COC(=O)NCCOCCSSCCOC(C)=O. The van der Waals surface area contributed by atoms with Crippen LogP contribution in [0.15, 0.2) is 0 Å². The minimum Gasteiger partial charge on any atom is -0.465 e. The van der Waals surface area contributed by atoms with Crippen molar-refractivity contribution in [1.82, 2.24) is 5.32 Å². The molecule has 0 heterocycles. The lowest BCUT2D eigenvalue weighted by Gasteiger charge is -2.05. The minimum atomic E-state index is -0.450. The minimum absolute atomic E-state index is 0.248. The third-order valence-electron chi connectivity index (χ3n) is 1.57. The summed E-state index contributed by atoms with van der Waals surface area (Å²) in [5.41, 5.74) is 0. The van der Waals surface area contributed by atoms with Crippen molar-refractivity contribution in [2.75, 3.05) is 45.0 Å². The average Bonchev–Trinajstić information content (AvgIpc) is 2.35. The summed E-state index contributed by atoms with van der Waals surface area (Å²) in [5.74, 6) is 1.37. The molecule has 106 valence electrons. The molecule has 0 bridgehead atoms. The van der Waals surface area contributed by atoms with Crippen LogP contribution in [0.4, 0.5) is 4.79 Å². The predicted molar refractivity (Wildman–Crippen MR) is 72.8 cm³/mol. The van der Waals surface area contributed by atoms with Crippen LogP contribution in [0.5, 0.6) is 0 Å². The van der Waals surface area contributed by atoms with E-state index in [4.69, 9.17) is 9.47 Å². The zero-order chi connectivity index (χ0) is 13.6. The average molecular weight is 297 g/mol. The van der Waals surface area contributed by atoms with Gasteiger partial charge in [-0.25, -0.2) is 4.79 Å². The molecule has 1 amide bonds. The van der Waals surface area contributed by atoms with Crippen LogP contribution in [0.1, 0.15) is 6.92 Å². The largest absolute Gasteiger partial charge is 0.465 e. The van der Waals surface area contributed by atoms with Gasteiger partial charge in [-0.2, -0.15) is 0 Å². The zero-order valence-electron chi connectivity index (χ0n) is 10.6. The van der Waals surface area contributed by atoms with E-state index in [-0.39, 0.29) is 5.97 Å².